The second-order valence-electron chi connectivity index (χ2n) is 10.9. The van der Waals surface area contributed by atoms with Crippen molar-refractivity contribution in [2.75, 3.05) is 0 Å². The molecule has 0 aromatic heterocycles. The van der Waals surface area contributed by atoms with Crippen molar-refractivity contribution in [1.82, 2.24) is 0 Å². The number of carbonyl (C=O) groups is 1. The highest BCUT2D eigenvalue weighted by atomic mass is 32.2. The Labute approximate surface area is 186 Å². The number of fused-ring (bicyclic) bond motifs is 5. The number of rotatable bonds is 3. The highest BCUT2D eigenvalue weighted by molar-refractivity contribution is 7.86. The minimum atomic E-state index is -3.75. The second-order valence-corrected chi connectivity index (χ2v) is 12.5. The molecule has 0 spiro atoms. The third kappa shape index (κ3) is 3.34. The first kappa shape index (κ1) is 21.4. The molecule has 1 aromatic rings. The van der Waals surface area contributed by atoms with Gasteiger partial charge in [0.05, 0.1) is 11.0 Å². The third-order valence-electron chi connectivity index (χ3n) is 9.34. The lowest BCUT2D eigenvalue weighted by Crippen LogP contribution is -2.50. The summed E-state index contributed by atoms with van der Waals surface area (Å²) in [6.07, 6.45) is 9.49. The topological polar surface area (TPSA) is 60.4 Å². The molecule has 31 heavy (non-hydrogen) atoms. The maximum atomic E-state index is 12.8. The summed E-state index contributed by atoms with van der Waals surface area (Å²) in [6, 6.07) is 6.87. The van der Waals surface area contributed by atoms with Crippen LogP contribution in [-0.2, 0) is 19.1 Å². The molecule has 4 aliphatic rings. The molecule has 0 bridgehead atoms. The van der Waals surface area contributed by atoms with Gasteiger partial charge < -0.3 is 0 Å². The van der Waals surface area contributed by atoms with Crippen molar-refractivity contribution >= 4 is 15.9 Å². The number of aryl methyl sites for hydroxylation is 1. The molecule has 6 atom stereocenters. The maximum absolute atomic E-state index is 12.8. The molecule has 4 nitrogen and oxygen atoms in total. The number of benzene rings is 1. The molecule has 2 unspecified atom stereocenters. The first-order chi connectivity index (χ1) is 14.6. The average Bonchev–Trinajstić information content (AvgIpc) is 3.03. The van der Waals surface area contributed by atoms with Gasteiger partial charge in [-0.1, -0.05) is 43.2 Å². The smallest absolute Gasteiger partial charge is 0.297 e. The van der Waals surface area contributed by atoms with E-state index in [0.29, 0.717) is 30.0 Å². The van der Waals surface area contributed by atoms with E-state index < -0.39 is 10.1 Å². The summed E-state index contributed by atoms with van der Waals surface area (Å²) in [5, 5.41) is 0. The van der Waals surface area contributed by atoms with Gasteiger partial charge in [0.2, 0.25) is 0 Å². The molecular formula is C26H34O4S. The van der Waals surface area contributed by atoms with Crippen molar-refractivity contribution < 1.29 is 17.4 Å². The molecule has 0 radical (unpaired) electrons. The van der Waals surface area contributed by atoms with Gasteiger partial charge in [0, 0.05) is 11.8 Å². The zero-order valence-corrected chi connectivity index (χ0v) is 19.7. The summed E-state index contributed by atoms with van der Waals surface area (Å²) >= 11 is 0. The predicted molar refractivity (Wildman–Crippen MR) is 120 cm³/mol. The van der Waals surface area contributed by atoms with Gasteiger partial charge in [0.15, 0.2) is 0 Å². The van der Waals surface area contributed by atoms with Gasteiger partial charge in [0.25, 0.3) is 10.1 Å². The number of Topliss-reactive ketones (excluding diaryl/α,β-unsaturated/α-hetero) is 1. The number of carbonyl (C=O) groups excluding carboxylic acids is 1. The summed E-state index contributed by atoms with van der Waals surface area (Å²) in [5.74, 6) is 2.19. The quantitative estimate of drug-likeness (QED) is 0.451. The van der Waals surface area contributed by atoms with Crippen molar-refractivity contribution in [2.45, 2.75) is 83.1 Å². The zero-order chi connectivity index (χ0) is 22.0. The van der Waals surface area contributed by atoms with Crippen molar-refractivity contribution in [3.63, 3.8) is 0 Å². The number of hydrogen-bond acceptors (Lipinski definition) is 4. The van der Waals surface area contributed by atoms with Crippen LogP contribution in [0.4, 0.5) is 0 Å². The van der Waals surface area contributed by atoms with Crippen LogP contribution in [0.5, 0.6) is 0 Å². The van der Waals surface area contributed by atoms with E-state index in [-0.39, 0.29) is 21.8 Å². The molecule has 3 fully saturated rings. The summed E-state index contributed by atoms with van der Waals surface area (Å²) in [4.78, 5) is 12.8. The second kappa shape index (κ2) is 7.28. The Hall–Kier alpha value is -1.46. The number of allylic oxidation sites excluding steroid dienone is 1. The monoisotopic (exact) mass is 442 g/mol. The lowest BCUT2D eigenvalue weighted by molar-refractivity contribution is -0.131. The summed E-state index contributed by atoms with van der Waals surface area (Å²) in [7, 11) is -3.75. The van der Waals surface area contributed by atoms with Crippen LogP contribution in [0.15, 0.2) is 40.8 Å². The Balaban J connectivity index is 1.34. The highest BCUT2D eigenvalue weighted by Gasteiger charge is 2.58. The third-order valence-corrected chi connectivity index (χ3v) is 10.7. The van der Waals surface area contributed by atoms with E-state index in [9.17, 15) is 13.2 Å². The fourth-order valence-corrected chi connectivity index (χ4v) is 8.52. The lowest BCUT2D eigenvalue weighted by Gasteiger charge is -2.56. The highest BCUT2D eigenvalue weighted by Crippen LogP contribution is 2.64. The van der Waals surface area contributed by atoms with E-state index in [0.717, 1.165) is 50.5 Å². The van der Waals surface area contributed by atoms with E-state index in [2.05, 4.69) is 19.9 Å². The van der Waals surface area contributed by atoms with Gasteiger partial charge in [-0.3, -0.25) is 8.98 Å². The predicted octanol–water partition coefficient (Wildman–Crippen LogP) is 5.60. The van der Waals surface area contributed by atoms with E-state index in [1.165, 1.54) is 5.57 Å². The van der Waals surface area contributed by atoms with Crippen LogP contribution >= 0.6 is 0 Å². The Morgan fingerprint density at radius 1 is 0.968 bits per heavy atom. The van der Waals surface area contributed by atoms with Crippen molar-refractivity contribution in [2.24, 2.45) is 28.6 Å². The minimum Gasteiger partial charge on any atom is -0.299 e. The Morgan fingerprint density at radius 2 is 1.65 bits per heavy atom. The fraction of sp³-hybridized carbons (Fsp3) is 0.654. The Bertz CT molecular complexity index is 1020. The molecule has 1 aromatic carbocycles. The largest absolute Gasteiger partial charge is 0.299 e. The SMILES string of the molecule is Cc1ccc(S(=O)(=O)O[C@H]2CC[C@@]3(C)C(=CC[C@@H]4C3CC[C@]3(C)C(=O)CCC43)C2)cc1. The molecule has 4 aliphatic carbocycles. The molecule has 0 saturated heterocycles. The average molecular weight is 443 g/mol. The molecule has 0 amide bonds. The summed E-state index contributed by atoms with van der Waals surface area (Å²) in [6.45, 7) is 6.54. The fourth-order valence-electron chi connectivity index (χ4n) is 7.42. The molecule has 5 rings (SSSR count). The Morgan fingerprint density at radius 3 is 2.39 bits per heavy atom. The summed E-state index contributed by atoms with van der Waals surface area (Å²) < 4.78 is 31.3. The molecule has 3 saturated carbocycles. The van der Waals surface area contributed by atoms with E-state index >= 15 is 0 Å². The van der Waals surface area contributed by atoms with Gasteiger partial charge in [-0.25, -0.2) is 0 Å². The zero-order valence-electron chi connectivity index (χ0n) is 18.9. The maximum Gasteiger partial charge on any atom is 0.297 e. The van der Waals surface area contributed by atoms with E-state index in [4.69, 9.17) is 4.18 Å². The molecule has 0 N–H and O–H groups in total. The van der Waals surface area contributed by atoms with Crippen LogP contribution in [0.3, 0.4) is 0 Å². The van der Waals surface area contributed by atoms with E-state index in [1.807, 2.05) is 19.1 Å². The van der Waals surface area contributed by atoms with Gasteiger partial charge in [-0.05, 0) is 87.2 Å². The van der Waals surface area contributed by atoms with Crippen molar-refractivity contribution in [3.05, 3.63) is 41.5 Å². The van der Waals surface area contributed by atoms with Crippen LogP contribution in [-0.4, -0.2) is 20.3 Å². The van der Waals surface area contributed by atoms with Gasteiger partial charge in [-0.15, -0.1) is 0 Å². The van der Waals surface area contributed by atoms with Crippen LogP contribution < -0.4 is 0 Å². The van der Waals surface area contributed by atoms with Crippen molar-refractivity contribution in [1.29, 1.82) is 0 Å². The minimum absolute atomic E-state index is 0.106. The number of ketones is 1. The molecule has 5 heteroatoms. The van der Waals surface area contributed by atoms with Crippen LogP contribution in [0.2, 0.25) is 0 Å². The lowest BCUT2D eigenvalue weighted by atomic mass is 9.48. The van der Waals surface area contributed by atoms with Crippen LogP contribution in [0, 0.1) is 35.5 Å². The van der Waals surface area contributed by atoms with Gasteiger partial charge >= 0.3 is 0 Å². The van der Waals surface area contributed by atoms with Crippen LogP contribution in [0.1, 0.15) is 70.8 Å². The van der Waals surface area contributed by atoms with Gasteiger partial charge in [0.1, 0.15) is 5.78 Å². The first-order valence-corrected chi connectivity index (χ1v) is 13.3. The normalized spacial score (nSPS) is 40.0. The van der Waals surface area contributed by atoms with Gasteiger partial charge in [-0.2, -0.15) is 8.42 Å². The molecule has 0 heterocycles. The standard InChI is InChI=1S/C26H34O4S/c1-17-4-7-20(8-5-17)31(28,29)30-19-12-14-25(2)18(16-19)6-9-21-22-10-11-24(27)26(22,3)15-13-23(21)25/h4-8,19,21-23H,9-16H2,1-3H3/t19-,21-,22?,23?,25-,26-/m0/s1. The molecule has 0 aliphatic heterocycles. The van der Waals surface area contributed by atoms with Crippen molar-refractivity contribution in [3.8, 4) is 0 Å². The van der Waals surface area contributed by atoms with Crippen LogP contribution in [0.25, 0.3) is 0 Å². The first-order valence-electron chi connectivity index (χ1n) is 11.9. The van der Waals surface area contributed by atoms with E-state index in [1.54, 1.807) is 12.1 Å². The molecule has 168 valence electrons. The number of hydrogen-bond donors (Lipinski definition) is 0. The molecular weight excluding hydrogens is 408 g/mol. The Kier molecular flexibility index (Phi) is 5.02. The summed E-state index contributed by atoms with van der Waals surface area (Å²) in [5.41, 5.74) is 2.42.